The number of carboxylic acids is 1. The van der Waals surface area contributed by atoms with Crippen molar-refractivity contribution < 1.29 is 9.90 Å². The number of nitrogens with one attached hydrogen (secondary N) is 2. The van der Waals surface area contributed by atoms with Gasteiger partial charge in [0.25, 0.3) is 0 Å². The second kappa shape index (κ2) is 3.91. The minimum atomic E-state index is -0.863. The maximum absolute atomic E-state index is 10.6. The summed E-state index contributed by atoms with van der Waals surface area (Å²) in [6.07, 6.45) is 5.27. The average molecular weight is 203 g/mol. The number of aliphatic carboxylic acids is 1. The van der Waals surface area contributed by atoms with Crippen molar-refractivity contribution in [3.8, 4) is 0 Å². The van der Waals surface area contributed by atoms with E-state index < -0.39 is 5.97 Å². The fourth-order valence-corrected chi connectivity index (χ4v) is 1.50. The standard InChI is InChI=1S/C8H10N2O2.ClH/c11-8(12)5-1-2-6-7(3-5)10-4-9-6;/h1-3,6-7,9-10H,4H2,(H,11,12);1H. The van der Waals surface area contributed by atoms with Gasteiger partial charge in [-0.1, -0.05) is 18.2 Å². The molecule has 5 heteroatoms. The summed E-state index contributed by atoms with van der Waals surface area (Å²) in [5.74, 6) is -0.863. The highest BCUT2D eigenvalue weighted by atomic mass is 35.5. The van der Waals surface area contributed by atoms with Gasteiger partial charge in [0.15, 0.2) is 0 Å². The second-order valence-corrected chi connectivity index (χ2v) is 2.92. The molecular formula is C8H11ClN2O2. The van der Waals surface area contributed by atoms with E-state index in [2.05, 4.69) is 10.6 Å². The summed E-state index contributed by atoms with van der Waals surface area (Å²) in [4.78, 5) is 10.6. The predicted molar refractivity (Wildman–Crippen MR) is 50.8 cm³/mol. The van der Waals surface area contributed by atoms with Gasteiger partial charge in [-0.25, -0.2) is 4.79 Å². The summed E-state index contributed by atoms with van der Waals surface area (Å²) in [5, 5.41) is 15.0. The van der Waals surface area contributed by atoms with Crippen LogP contribution in [-0.4, -0.2) is 29.8 Å². The molecule has 0 amide bonds. The van der Waals surface area contributed by atoms with Crippen LogP contribution in [0.5, 0.6) is 0 Å². The van der Waals surface area contributed by atoms with Crippen LogP contribution >= 0.6 is 12.4 Å². The Hall–Kier alpha value is -0.840. The van der Waals surface area contributed by atoms with Crippen molar-refractivity contribution in [3.05, 3.63) is 23.8 Å². The van der Waals surface area contributed by atoms with Crippen molar-refractivity contribution >= 4 is 18.4 Å². The molecule has 0 aromatic rings. The van der Waals surface area contributed by atoms with Gasteiger partial charge in [-0.2, -0.15) is 0 Å². The van der Waals surface area contributed by atoms with Gasteiger partial charge >= 0.3 is 5.97 Å². The molecule has 1 fully saturated rings. The lowest BCUT2D eigenvalue weighted by molar-refractivity contribution is -0.132. The highest BCUT2D eigenvalue weighted by molar-refractivity contribution is 5.90. The molecule has 0 spiro atoms. The molecular weight excluding hydrogens is 192 g/mol. The summed E-state index contributed by atoms with van der Waals surface area (Å²) in [6, 6.07) is 0.397. The maximum atomic E-state index is 10.6. The lowest BCUT2D eigenvalue weighted by Gasteiger charge is -2.16. The molecule has 1 saturated heterocycles. The van der Waals surface area contributed by atoms with Crippen molar-refractivity contribution in [1.82, 2.24) is 10.6 Å². The van der Waals surface area contributed by atoms with Gasteiger partial charge in [-0.05, 0) is 0 Å². The maximum Gasteiger partial charge on any atom is 0.335 e. The summed E-state index contributed by atoms with van der Waals surface area (Å²) in [5.41, 5.74) is 0.368. The van der Waals surface area contributed by atoms with E-state index in [1.807, 2.05) is 6.08 Å². The van der Waals surface area contributed by atoms with E-state index in [0.29, 0.717) is 5.57 Å². The zero-order valence-electron chi connectivity index (χ0n) is 6.86. The summed E-state index contributed by atoms with van der Waals surface area (Å²) >= 11 is 0. The predicted octanol–water partition coefficient (Wildman–Crippen LogP) is -0.124. The molecule has 3 N–H and O–H groups in total. The van der Waals surface area contributed by atoms with Gasteiger partial charge < -0.3 is 5.11 Å². The molecule has 2 rings (SSSR count). The lowest BCUT2D eigenvalue weighted by Crippen LogP contribution is -2.32. The van der Waals surface area contributed by atoms with E-state index in [-0.39, 0.29) is 24.5 Å². The fourth-order valence-electron chi connectivity index (χ4n) is 1.50. The monoisotopic (exact) mass is 202 g/mol. The third kappa shape index (κ3) is 1.91. The minimum absolute atomic E-state index is 0. The van der Waals surface area contributed by atoms with Crippen LogP contribution in [-0.2, 0) is 4.79 Å². The second-order valence-electron chi connectivity index (χ2n) is 2.92. The van der Waals surface area contributed by atoms with Gasteiger partial charge in [0.2, 0.25) is 0 Å². The molecule has 4 nitrogen and oxygen atoms in total. The van der Waals surface area contributed by atoms with Gasteiger partial charge in [-0.3, -0.25) is 10.6 Å². The number of fused-ring (bicyclic) bond motifs is 1. The van der Waals surface area contributed by atoms with Crippen molar-refractivity contribution in [2.45, 2.75) is 12.1 Å². The minimum Gasteiger partial charge on any atom is -0.478 e. The third-order valence-electron chi connectivity index (χ3n) is 2.15. The molecule has 1 heterocycles. The van der Waals surface area contributed by atoms with E-state index in [1.165, 1.54) is 0 Å². The number of hydrogen-bond acceptors (Lipinski definition) is 3. The third-order valence-corrected chi connectivity index (χ3v) is 2.15. The fraction of sp³-hybridized carbons (Fsp3) is 0.375. The SMILES string of the molecule is Cl.O=C(O)C1=CC2NCNC2C=C1. The van der Waals surface area contributed by atoms with Crippen LogP contribution in [0.1, 0.15) is 0 Å². The van der Waals surface area contributed by atoms with Crippen LogP contribution in [0, 0.1) is 0 Å². The van der Waals surface area contributed by atoms with E-state index >= 15 is 0 Å². The normalized spacial score (nSPS) is 30.3. The molecule has 2 aliphatic rings. The number of carboxylic acid groups (broad SMARTS) is 1. The number of rotatable bonds is 1. The van der Waals surface area contributed by atoms with Gasteiger partial charge in [-0.15, -0.1) is 12.4 Å². The van der Waals surface area contributed by atoms with Gasteiger partial charge in [0, 0.05) is 18.8 Å². The average Bonchev–Trinajstić information content (AvgIpc) is 2.49. The quantitative estimate of drug-likeness (QED) is 0.555. The van der Waals surface area contributed by atoms with Crippen molar-refractivity contribution in [1.29, 1.82) is 0 Å². The van der Waals surface area contributed by atoms with Crippen LogP contribution in [0.25, 0.3) is 0 Å². The molecule has 0 aromatic carbocycles. The van der Waals surface area contributed by atoms with Crippen LogP contribution in [0.4, 0.5) is 0 Å². The Bertz CT molecular complexity index is 275. The first-order valence-corrected chi connectivity index (χ1v) is 3.87. The Kier molecular flexibility index (Phi) is 3.08. The Morgan fingerprint density at radius 3 is 2.85 bits per heavy atom. The van der Waals surface area contributed by atoms with E-state index in [1.54, 1.807) is 12.2 Å². The first-order chi connectivity index (χ1) is 5.77. The highest BCUT2D eigenvalue weighted by Gasteiger charge is 2.26. The molecule has 0 aromatic heterocycles. The highest BCUT2D eigenvalue weighted by Crippen LogP contribution is 2.13. The molecule has 72 valence electrons. The van der Waals surface area contributed by atoms with Crippen LogP contribution in [0.15, 0.2) is 23.8 Å². The molecule has 1 aliphatic heterocycles. The zero-order chi connectivity index (χ0) is 8.55. The largest absolute Gasteiger partial charge is 0.478 e. The zero-order valence-corrected chi connectivity index (χ0v) is 7.67. The van der Waals surface area contributed by atoms with Crippen LogP contribution in [0.2, 0.25) is 0 Å². The molecule has 0 saturated carbocycles. The van der Waals surface area contributed by atoms with Gasteiger partial charge in [0.05, 0.1) is 5.57 Å². The Balaban J connectivity index is 0.000000845. The first kappa shape index (κ1) is 10.2. The molecule has 2 unspecified atom stereocenters. The Morgan fingerprint density at radius 2 is 2.15 bits per heavy atom. The van der Waals surface area contributed by atoms with Crippen LogP contribution < -0.4 is 10.6 Å². The molecule has 2 atom stereocenters. The molecule has 13 heavy (non-hydrogen) atoms. The summed E-state index contributed by atoms with van der Waals surface area (Å²) in [7, 11) is 0. The number of halogens is 1. The molecule has 0 radical (unpaired) electrons. The summed E-state index contributed by atoms with van der Waals surface area (Å²) < 4.78 is 0. The lowest BCUT2D eigenvalue weighted by atomic mass is 10.00. The Morgan fingerprint density at radius 1 is 1.46 bits per heavy atom. The molecule has 1 aliphatic carbocycles. The first-order valence-electron chi connectivity index (χ1n) is 3.87. The van der Waals surface area contributed by atoms with Crippen molar-refractivity contribution in [2.24, 2.45) is 0 Å². The topological polar surface area (TPSA) is 61.4 Å². The van der Waals surface area contributed by atoms with Gasteiger partial charge in [0.1, 0.15) is 0 Å². The van der Waals surface area contributed by atoms with Crippen molar-refractivity contribution in [3.63, 3.8) is 0 Å². The summed E-state index contributed by atoms with van der Waals surface area (Å²) in [6.45, 7) is 0.739. The van der Waals surface area contributed by atoms with E-state index in [9.17, 15) is 4.79 Å². The number of carbonyl (C=O) groups is 1. The van der Waals surface area contributed by atoms with Crippen molar-refractivity contribution in [2.75, 3.05) is 6.67 Å². The number of hydrogen-bond donors (Lipinski definition) is 3. The smallest absolute Gasteiger partial charge is 0.335 e. The van der Waals surface area contributed by atoms with Crippen LogP contribution in [0.3, 0.4) is 0 Å². The molecule has 0 bridgehead atoms. The Labute approximate surface area is 82.1 Å². The van der Waals surface area contributed by atoms with E-state index in [0.717, 1.165) is 6.67 Å². The van der Waals surface area contributed by atoms with E-state index in [4.69, 9.17) is 5.11 Å².